The molecule has 0 spiro atoms. The Morgan fingerprint density at radius 3 is 2.67 bits per heavy atom. The molecule has 142 valence electrons. The minimum absolute atomic E-state index is 0.243. The van der Waals surface area contributed by atoms with Crippen molar-refractivity contribution in [1.29, 1.82) is 0 Å². The van der Waals surface area contributed by atoms with Crippen LogP contribution in [0, 0.1) is 19.7 Å². The number of halogens is 2. The van der Waals surface area contributed by atoms with Gasteiger partial charge < -0.3 is 9.30 Å². The molecule has 1 heterocycles. The van der Waals surface area contributed by atoms with Crippen LogP contribution in [0.5, 0.6) is 5.75 Å². The van der Waals surface area contributed by atoms with Crippen LogP contribution in [0.25, 0.3) is 0 Å². The molecule has 0 amide bonds. The fourth-order valence-corrected chi connectivity index (χ4v) is 4.00. The molecular weight excluding hydrogens is 385 g/mol. The Balaban J connectivity index is 1.70. The van der Waals surface area contributed by atoms with Crippen molar-refractivity contribution in [3.8, 4) is 5.75 Å². The molecule has 3 aromatic rings. The SMILES string of the molecule is Cc1ccc(O[C@@H](C)c2nnc(SCc3ccc(F)cc3Cl)n2C)c(C)c1. The fourth-order valence-electron chi connectivity index (χ4n) is 2.76. The lowest BCUT2D eigenvalue weighted by atomic mass is 10.1. The van der Waals surface area contributed by atoms with Crippen LogP contribution in [-0.4, -0.2) is 14.8 Å². The van der Waals surface area contributed by atoms with Gasteiger partial charge in [0.1, 0.15) is 11.6 Å². The molecule has 0 radical (unpaired) electrons. The Labute approximate surface area is 167 Å². The maximum atomic E-state index is 13.2. The smallest absolute Gasteiger partial charge is 0.191 e. The first-order chi connectivity index (χ1) is 12.8. The molecule has 27 heavy (non-hydrogen) atoms. The van der Waals surface area contributed by atoms with Gasteiger partial charge in [-0.1, -0.05) is 47.1 Å². The van der Waals surface area contributed by atoms with Crippen LogP contribution in [0.3, 0.4) is 0 Å². The number of thioether (sulfide) groups is 1. The number of hydrogen-bond acceptors (Lipinski definition) is 4. The number of nitrogens with zero attached hydrogens (tertiary/aromatic N) is 3. The van der Waals surface area contributed by atoms with Crippen LogP contribution in [-0.2, 0) is 12.8 Å². The lowest BCUT2D eigenvalue weighted by Crippen LogP contribution is -2.10. The van der Waals surface area contributed by atoms with Gasteiger partial charge in [0.15, 0.2) is 17.1 Å². The average molecular weight is 406 g/mol. The van der Waals surface area contributed by atoms with Gasteiger partial charge in [-0.25, -0.2) is 4.39 Å². The number of benzene rings is 2. The normalized spacial score (nSPS) is 12.2. The highest BCUT2D eigenvalue weighted by Gasteiger charge is 2.18. The summed E-state index contributed by atoms with van der Waals surface area (Å²) in [5.74, 6) is 1.82. The maximum absolute atomic E-state index is 13.2. The second-order valence-corrected chi connectivity index (χ2v) is 7.80. The molecule has 0 unspecified atom stereocenters. The van der Waals surface area contributed by atoms with Crippen molar-refractivity contribution < 1.29 is 9.13 Å². The number of ether oxygens (including phenoxy) is 1. The van der Waals surface area contributed by atoms with Crippen LogP contribution in [0.4, 0.5) is 4.39 Å². The van der Waals surface area contributed by atoms with Crippen LogP contribution in [0.15, 0.2) is 41.6 Å². The topological polar surface area (TPSA) is 39.9 Å². The molecule has 3 rings (SSSR count). The Morgan fingerprint density at radius 2 is 1.96 bits per heavy atom. The summed E-state index contributed by atoms with van der Waals surface area (Å²) in [4.78, 5) is 0. The Bertz CT molecular complexity index is 960. The van der Waals surface area contributed by atoms with Gasteiger partial charge in [-0.3, -0.25) is 0 Å². The van der Waals surface area contributed by atoms with E-state index in [0.717, 1.165) is 27.9 Å². The van der Waals surface area contributed by atoms with Gasteiger partial charge in [0.05, 0.1) is 0 Å². The van der Waals surface area contributed by atoms with E-state index in [1.165, 1.54) is 29.5 Å². The molecule has 0 saturated carbocycles. The zero-order chi connectivity index (χ0) is 19.6. The highest BCUT2D eigenvalue weighted by Crippen LogP contribution is 2.29. The maximum Gasteiger partial charge on any atom is 0.191 e. The molecule has 0 saturated heterocycles. The molecule has 7 heteroatoms. The van der Waals surface area contributed by atoms with Crippen LogP contribution >= 0.6 is 23.4 Å². The molecule has 0 aliphatic carbocycles. The van der Waals surface area contributed by atoms with Gasteiger partial charge in [-0.15, -0.1) is 10.2 Å². The predicted molar refractivity (Wildman–Crippen MR) is 107 cm³/mol. The summed E-state index contributed by atoms with van der Waals surface area (Å²) in [7, 11) is 1.91. The highest BCUT2D eigenvalue weighted by atomic mass is 35.5. The largest absolute Gasteiger partial charge is 0.482 e. The van der Waals surface area contributed by atoms with E-state index in [1.54, 1.807) is 6.07 Å². The highest BCUT2D eigenvalue weighted by molar-refractivity contribution is 7.98. The molecule has 0 aliphatic rings. The molecule has 0 N–H and O–H groups in total. The van der Waals surface area contributed by atoms with E-state index < -0.39 is 0 Å². The van der Waals surface area contributed by atoms with E-state index >= 15 is 0 Å². The minimum Gasteiger partial charge on any atom is -0.482 e. The van der Waals surface area contributed by atoms with Gasteiger partial charge >= 0.3 is 0 Å². The van der Waals surface area contributed by atoms with Gasteiger partial charge in [0, 0.05) is 17.8 Å². The Morgan fingerprint density at radius 1 is 1.19 bits per heavy atom. The average Bonchev–Trinajstić information content (AvgIpc) is 2.97. The van der Waals surface area contributed by atoms with E-state index in [2.05, 4.69) is 23.2 Å². The fraction of sp³-hybridized carbons (Fsp3) is 0.300. The first-order valence-electron chi connectivity index (χ1n) is 8.55. The molecule has 0 fully saturated rings. The molecule has 1 aromatic heterocycles. The summed E-state index contributed by atoms with van der Waals surface area (Å²) in [5, 5.41) is 9.70. The lowest BCUT2D eigenvalue weighted by Gasteiger charge is -2.16. The Kier molecular flexibility index (Phi) is 6.07. The van der Waals surface area contributed by atoms with Crippen LogP contribution in [0.2, 0.25) is 5.02 Å². The first-order valence-corrected chi connectivity index (χ1v) is 9.91. The van der Waals surface area contributed by atoms with Crippen molar-refractivity contribution in [3.63, 3.8) is 0 Å². The molecule has 0 aliphatic heterocycles. The molecular formula is C20H21ClFN3OS. The quantitative estimate of drug-likeness (QED) is 0.496. The van der Waals surface area contributed by atoms with E-state index in [1.807, 2.05) is 37.6 Å². The molecule has 4 nitrogen and oxygen atoms in total. The predicted octanol–water partition coefficient (Wildman–Crippen LogP) is 5.66. The van der Waals surface area contributed by atoms with E-state index in [-0.39, 0.29) is 11.9 Å². The van der Waals surface area contributed by atoms with Crippen molar-refractivity contribution in [2.45, 2.75) is 37.8 Å². The standard InChI is InChI=1S/C20H21ClFN3OS/c1-12-5-8-18(13(2)9-12)26-14(3)19-23-24-20(25(19)4)27-11-15-6-7-16(22)10-17(15)21/h5-10,14H,11H2,1-4H3/t14-/m0/s1. The van der Waals surface area contributed by atoms with Crippen molar-refractivity contribution >= 4 is 23.4 Å². The van der Waals surface area contributed by atoms with Gasteiger partial charge in [-0.2, -0.15) is 0 Å². The summed E-state index contributed by atoms with van der Waals surface area (Å²) in [6.07, 6.45) is -0.243. The summed E-state index contributed by atoms with van der Waals surface area (Å²) >= 11 is 7.59. The summed E-state index contributed by atoms with van der Waals surface area (Å²) < 4.78 is 21.2. The number of aromatic nitrogens is 3. The molecule has 1 atom stereocenters. The Hall–Kier alpha value is -2.05. The summed E-state index contributed by atoms with van der Waals surface area (Å²) in [6, 6.07) is 10.5. The summed E-state index contributed by atoms with van der Waals surface area (Å²) in [5.41, 5.74) is 3.14. The minimum atomic E-state index is -0.341. The second-order valence-electron chi connectivity index (χ2n) is 6.45. The molecule has 2 aromatic carbocycles. The number of aryl methyl sites for hydroxylation is 2. The molecule has 0 bridgehead atoms. The van der Waals surface area contributed by atoms with Crippen molar-refractivity contribution in [2.75, 3.05) is 0 Å². The van der Waals surface area contributed by atoms with E-state index in [4.69, 9.17) is 16.3 Å². The lowest BCUT2D eigenvalue weighted by molar-refractivity contribution is 0.210. The van der Waals surface area contributed by atoms with E-state index in [9.17, 15) is 4.39 Å². The summed E-state index contributed by atoms with van der Waals surface area (Å²) in [6.45, 7) is 6.04. The number of rotatable bonds is 6. The monoisotopic (exact) mass is 405 g/mol. The first kappa shape index (κ1) is 19.7. The van der Waals surface area contributed by atoms with Crippen molar-refractivity contribution in [1.82, 2.24) is 14.8 Å². The zero-order valence-corrected chi connectivity index (χ0v) is 17.2. The second kappa shape index (κ2) is 8.31. The third-order valence-electron chi connectivity index (χ3n) is 4.24. The van der Waals surface area contributed by atoms with E-state index in [0.29, 0.717) is 10.8 Å². The third kappa shape index (κ3) is 4.62. The van der Waals surface area contributed by atoms with Crippen LogP contribution < -0.4 is 4.74 Å². The van der Waals surface area contributed by atoms with Gasteiger partial charge in [0.25, 0.3) is 0 Å². The zero-order valence-electron chi connectivity index (χ0n) is 15.7. The van der Waals surface area contributed by atoms with Crippen molar-refractivity contribution in [3.05, 3.63) is 69.8 Å². The third-order valence-corrected chi connectivity index (χ3v) is 5.66. The van der Waals surface area contributed by atoms with Crippen molar-refractivity contribution in [2.24, 2.45) is 7.05 Å². The van der Waals surface area contributed by atoms with Crippen LogP contribution in [0.1, 0.15) is 35.5 Å². The van der Waals surface area contributed by atoms with Gasteiger partial charge in [-0.05, 0) is 50.1 Å². The van der Waals surface area contributed by atoms with Gasteiger partial charge in [0.2, 0.25) is 0 Å². The number of hydrogen-bond donors (Lipinski definition) is 0.